The largest absolute Gasteiger partial charge is 0.478 e. The molecular weight excluding hydrogens is 188 g/mol. The van der Waals surface area contributed by atoms with E-state index in [-0.39, 0.29) is 12.0 Å². The minimum atomic E-state index is -1.23. The zero-order valence-corrected chi connectivity index (χ0v) is 7.77. The van der Waals surface area contributed by atoms with Crippen LogP contribution in [0.25, 0.3) is 0 Å². The molecule has 0 aromatic heterocycles. The van der Waals surface area contributed by atoms with Crippen molar-refractivity contribution >= 4 is 11.9 Å². The summed E-state index contributed by atoms with van der Waals surface area (Å²) in [6.45, 7) is 4.58. The molecule has 0 radical (unpaired) electrons. The summed E-state index contributed by atoms with van der Waals surface area (Å²) in [7, 11) is 0. The predicted molar refractivity (Wildman–Crippen MR) is 48.3 cm³/mol. The molecule has 1 atom stereocenters. The molecule has 78 valence electrons. The number of hydrogen-bond donors (Lipinski definition) is 2. The molecule has 0 spiro atoms. The number of ether oxygens (including phenoxy) is 1. The first-order valence-electron chi connectivity index (χ1n) is 3.90. The van der Waals surface area contributed by atoms with Crippen LogP contribution in [0.5, 0.6) is 0 Å². The molecule has 0 aliphatic heterocycles. The number of carbonyl (C=O) groups is 2. The molecule has 0 aliphatic carbocycles. The molecule has 0 saturated carbocycles. The molecule has 0 amide bonds. The summed E-state index contributed by atoms with van der Waals surface area (Å²) in [5.41, 5.74) is -0.171. The number of esters is 1. The summed E-state index contributed by atoms with van der Waals surface area (Å²) in [6.07, 6.45) is 0.830. The maximum Gasteiger partial charge on any atom is 0.334 e. The van der Waals surface area contributed by atoms with Gasteiger partial charge in [-0.3, -0.25) is 0 Å². The third kappa shape index (κ3) is 5.10. The first-order chi connectivity index (χ1) is 6.47. The van der Waals surface area contributed by atoms with E-state index in [4.69, 9.17) is 10.2 Å². The van der Waals surface area contributed by atoms with Crippen molar-refractivity contribution in [1.29, 1.82) is 0 Å². The van der Waals surface area contributed by atoms with E-state index in [9.17, 15) is 9.59 Å². The molecule has 0 bridgehead atoms. The molecule has 5 heteroatoms. The molecule has 0 fully saturated rings. The molecular formula is C9H12O5. The zero-order chi connectivity index (χ0) is 11.1. The highest BCUT2D eigenvalue weighted by Gasteiger charge is 2.11. The normalized spacial score (nSPS) is 13.1. The minimum Gasteiger partial charge on any atom is -0.478 e. The van der Waals surface area contributed by atoms with Gasteiger partial charge in [-0.2, -0.15) is 0 Å². The van der Waals surface area contributed by atoms with E-state index in [0.29, 0.717) is 0 Å². The van der Waals surface area contributed by atoms with Crippen molar-refractivity contribution in [3.05, 3.63) is 24.5 Å². The van der Waals surface area contributed by atoms with Crippen molar-refractivity contribution < 1.29 is 24.5 Å². The third-order valence-corrected chi connectivity index (χ3v) is 1.27. The van der Waals surface area contributed by atoms with Crippen LogP contribution in [-0.4, -0.2) is 28.3 Å². The quantitative estimate of drug-likeness (QED) is 0.382. The van der Waals surface area contributed by atoms with Crippen LogP contribution < -0.4 is 0 Å². The number of aliphatic hydroxyl groups is 1. The maximum absolute atomic E-state index is 10.6. The summed E-state index contributed by atoms with van der Waals surface area (Å²) in [4.78, 5) is 21.1. The Bertz CT molecular complexity index is 264. The Morgan fingerprint density at radius 1 is 1.57 bits per heavy atom. The summed E-state index contributed by atoms with van der Waals surface area (Å²) < 4.78 is 4.40. The smallest absolute Gasteiger partial charge is 0.334 e. The molecule has 0 aliphatic rings. The van der Waals surface area contributed by atoms with E-state index in [2.05, 4.69) is 11.3 Å². The second kappa shape index (κ2) is 5.93. The fraction of sp³-hybridized carbons (Fsp3) is 0.333. The van der Waals surface area contributed by atoms with E-state index < -0.39 is 18.0 Å². The Morgan fingerprint density at radius 2 is 2.14 bits per heavy atom. The first kappa shape index (κ1) is 12.4. The van der Waals surface area contributed by atoms with Gasteiger partial charge in [0.05, 0.1) is 11.7 Å². The van der Waals surface area contributed by atoms with Crippen LogP contribution in [0.3, 0.4) is 0 Å². The highest BCUT2D eigenvalue weighted by atomic mass is 16.5. The predicted octanol–water partition coefficient (Wildman–Crippen LogP) is 0.455. The van der Waals surface area contributed by atoms with Gasteiger partial charge in [0.25, 0.3) is 0 Å². The lowest BCUT2D eigenvalue weighted by Crippen LogP contribution is -2.10. The van der Waals surface area contributed by atoms with Gasteiger partial charge < -0.3 is 14.9 Å². The lowest BCUT2D eigenvalue weighted by atomic mass is 10.1. The van der Waals surface area contributed by atoms with E-state index in [1.54, 1.807) is 0 Å². The van der Waals surface area contributed by atoms with Crippen molar-refractivity contribution in [2.75, 3.05) is 0 Å². The number of carboxylic acid groups (broad SMARTS) is 1. The average Bonchev–Trinajstić information content (AvgIpc) is 2.10. The zero-order valence-electron chi connectivity index (χ0n) is 7.77. The number of carboxylic acids is 1. The Hall–Kier alpha value is -1.62. The Balaban J connectivity index is 4.40. The molecule has 0 saturated heterocycles. The standard InChI is InChI=1S/C9H12O5/c1-3-8(11)14-5-7(9(12)13)4-6(2)10/h3,5-6,10H,1,4H2,2H3,(H,12,13). The van der Waals surface area contributed by atoms with E-state index in [1.807, 2.05) is 0 Å². The highest BCUT2D eigenvalue weighted by molar-refractivity contribution is 5.87. The number of carbonyl (C=O) groups excluding carboxylic acids is 1. The number of aliphatic carboxylic acids is 1. The highest BCUT2D eigenvalue weighted by Crippen LogP contribution is 2.06. The molecule has 0 heterocycles. The molecule has 5 nitrogen and oxygen atoms in total. The molecule has 0 rings (SSSR count). The van der Waals surface area contributed by atoms with E-state index in [0.717, 1.165) is 12.3 Å². The van der Waals surface area contributed by atoms with Crippen LogP contribution in [0.2, 0.25) is 0 Å². The molecule has 14 heavy (non-hydrogen) atoms. The van der Waals surface area contributed by atoms with Crippen LogP contribution in [0.15, 0.2) is 24.5 Å². The van der Waals surface area contributed by atoms with Gasteiger partial charge in [0.1, 0.15) is 6.26 Å². The fourth-order valence-electron chi connectivity index (χ4n) is 0.681. The fourth-order valence-corrected chi connectivity index (χ4v) is 0.681. The van der Waals surface area contributed by atoms with Crippen molar-refractivity contribution in [2.45, 2.75) is 19.4 Å². The Labute approximate surface area is 81.3 Å². The van der Waals surface area contributed by atoms with Crippen molar-refractivity contribution in [1.82, 2.24) is 0 Å². The first-order valence-corrected chi connectivity index (χ1v) is 3.90. The second-order valence-corrected chi connectivity index (χ2v) is 2.64. The number of rotatable bonds is 5. The summed E-state index contributed by atoms with van der Waals surface area (Å²) in [6, 6.07) is 0. The lowest BCUT2D eigenvalue weighted by Gasteiger charge is -2.04. The van der Waals surface area contributed by atoms with Gasteiger partial charge in [-0.1, -0.05) is 6.58 Å². The average molecular weight is 200 g/mol. The van der Waals surface area contributed by atoms with Crippen LogP contribution in [0.1, 0.15) is 13.3 Å². The van der Waals surface area contributed by atoms with Crippen molar-refractivity contribution in [3.8, 4) is 0 Å². The van der Waals surface area contributed by atoms with Gasteiger partial charge >= 0.3 is 11.9 Å². The third-order valence-electron chi connectivity index (χ3n) is 1.27. The molecule has 0 aromatic carbocycles. The van der Waals surface area contributed by atoms with Crippen LogP contribution in [-0.2, 0) is 14.3 Å². The summed E-state index contributed by atoms with van der Waals surface area (Å²) >= 11 is 0. The lowest BCUT2D eigenvalue weighted by molar-refractivity contribution is -0.134. The van der Waals surface area contributed by atoms with Crippen LogP contribution in [0, 0.1) is 0 Å². The van der Waals surface area contributed by atoms with Crippen molar-refractivity contribution in [3.63, 3.8) is 0 Å². The van der Waals surface area contributed by atoms with Gasteiger partial charge in [-0.05, 0) is 6.92 Å². The monoisotopic (exact) mass is 200 g/mol. The molecule has 0 aromatic rings. The van der Waals surface area contributed by atoms with Gasteiger partial charge in [0.15, 0.2) is 0 Å². The van der Waals surface area contributed by atoms with Gasteiger partial charge in [-0.15, -0.1) is 0 Å². The molecule has 2 N–H and O–H groups in total. The summed E-state index contributed by atoms with van der Waals surface area (Å²) in [5, 5.41) is 17.5. The number of hydrogen-bond acceptors (Lipinski definition) is 4. The van der Waals surface area contributed by atoms with Gasteiger partial charge in [0, 0.05) is 12.5 Å². The second-order valence-electron chi connectivity index (χ2n) is 2.64. The Morgan fingerprint density at radius 3 is 2.50 bits per heavy atom. The molecule has 1 unspecified atom stereocenters. The van der Waals surface area contributed by atoms with Gasteiger partial charge in [0.2, 0.25) is 0 Å². The number of aliphatic hydroxyl groups excluding tert-OH is 1. The summed E-state index contributed by atoms with van der Waals surface area (Å²) in [5.74, 6) is -1.97. The topological polar surface area (TPSA) is 83.8 Å². The van der Waals surface area contributed by atoms with Crippen LogP contribution in [0.4, 0.5) is 0 Å². The van der Waals surface area contributed by atoms with Crippen LogP contribution >= 0.6 is 0 Å². The van der Waals surface area contributed by atoms with E-state index in [1.165, 1.54) is 6.92 Å². The van der Waals surface area contributed by atoms with Crippen molar-refractivity contribution in [2.24, 2.45) is 0 Å². The minimum absolute atomic E-state index is 0.0836. The Kier molecular flexibility index (Phi) is 5.24. The van der Waals surface area contributed by atoms with Gasteiger partial charge in [-0.25, -0.2) is 9.59 Å². The SMILES string of the molecule is C=CC(=O)OC=C(CC(C)O)C(=O)O. The van der Waals surface area contributed by atoms with E-state index >= 15 is 0 Å². The maximum atomic E-state index is 10.6.